The summed E-state index contributed by atoms with van der Waals surface area (Å²) in [6.45, 7) is 4.19. The van der Waals surface area contributed by atoms with Crippen LogP contribution >= 0.6 is 0 Å². The Hall–Kier alpha value is -3.36. The number of nitrogens with one attached hydrogen (secondary N) is 2. The number of rotatable bonds is 5. The van der Waals surface area contributed by atoms with E-state index >= 15 is 0 Å². The minimum Gasteiger partial charge on any atom is -0.388 e. The van der Waals surface area contributed by atoms with Crippen LogP contribution in [0, 0.1) is 18.7 Å². The van der Waals surface area contributed by atoms with Crippen LogP contribution in [0.2, 0.25) is 0 Å². The standard InChI is InChI=1S/C26H28F4N4O/c1-15-12-20(21(27)14-23(15)31-3)16(2)32-25(35)18-4-6-22-17(13-18)5-7-24(33-22)34-10-8-19(9-11-34)26(28,29)30/h4-7,12-14,16,19,31H,8-11H2,1-3H3,(H,32,35). The minimum atomic E-state index is -4.15. The molecular weight excluding hydrogens is 460 g/mol. The van der Waals surface area contributed by atoms with Crippen molar-refractivity contribution in [2.75, 3.05) is 30.4 Å². The summed E-state index contributed by atoms with van der Waals surface area (Å²) in [5.41, 5.74) is 3.02. The fourth-order valence-corrected chi connectivity index (χ4v) is 4.53. The number of aromatic nitrogens is 1. The summed E-state index contributed by atoms with van der Waals surface area (Å²) in [5, 5.41) is 6.51. The van der Waals surface area contributed by atoms with Crippen LogP contribution in [0.4, 0.5) is 29.1 Å². The van der Waals surface area contributed by atoms with Gasteiger partial charge in [0.1, 0.15) is 11.6 Å². The molecule has 2 heterocycles. The number of nitrogens with zero attached hydrogens (tertiary/aromatic N) is 2. The zero-order chi connectivity index (χ0) is 25.3. The Morgan fingerprint density at radius 2 is 1.83 bits per heavy atom. The second kappa shape index (κ2) is 9.71. The molecule has 1 aliphatic heterocycles. The molecule has 4 rings (SSSR count). The SMILES string of the molecule is CNc1cc(F)c(C(C)NC(=O)c2ccc3nc(N4CCC(C(F)(F)F)CC4)ccc3c2)cc1C. The van der Waals surface area contributed by atoms with Crippen LogP contribution in [-0.4, -0.2) is 37.2 Å². The lowest BCUT2D eigenvalue weighted by Gasteiger charge is -2.33. The molecule has 5 nitrogen and oxygen atoms in total. The highest BCUT2D eigenvalue weighted by Crippen LogP contribution is 2.35. The molecule has 35 heavy (non-hydrogen) atoms. The number of fused-ring (bicyclic) bond motifs is 1. The number of carbonyl (C=O) groups excluding carboxylic acids is 1. The number of aryl methyl sites for hydroxylation is 1. The first kappa shape index (κ1) is 24.8. The summed E-state index contributed by atoms with van der Waals surface area (Å²) in [6.07, 6.45) is -4.05. The van der Waals surface area contributed by atoms with Gasteiger partial charge in [-0.3, -0.25) is 4.79 Å². The number of carbonyl (C=O) groups is 1. The highest BCUT2D eigenvalue weighted by atomic mass is 19.4. The molecule has 1 fully saturated rings. The van der Waals surface area contributed by atoms with Gasteiger partial charge in [0.2, 0.25) is 0 Å². The predicted octanol–water partition coefficient (Wildman–Crippen LogP) is 5.99. The molecule has 2 N–H and O–H groups in total. The predicted molar refractivity (Wildman–Crippen MR) is 129 cm³/mol. The Balaban J connectivity index is 1.46. The van der Waals surface area contributed by atoms with E-state index in [-0.39, 0.29) is 18.7 Å². The number of hydrogen-bond donors (Lipinski definition) is 2. The molecule has 186 valence electrons. The zero-order valence-corrected chi connectivity index (χ0v) is 19.8. The zero-order valence-electron chi connectivity index (χ0n) is 19.8. The second-order valence-corrected chi connectivity index (χ2v) is 9.01. The van der Waals surface area contributed by atoms with Gasteiger partial charge in [0.15, 0.2) is 0 Å². The van der Waals surface area contributed by atoms with Gasteiger partial charge < -0.3 is 15.5 Å². The van der Waals surface area contributed by atoms with E-state index in [1.807, 2.05) is 17.9 Å². The molecule has 2 aromatic carbocycles. The lowest BCUT2D eigenvalue weighted by atomic mass is 9.96. The molecule has 1 aliphatic rings. The maximum Gasteiger partial charge on any atom is 0.391 e. The van der Waals surface area contributed by atoms with Gasteiger partial charge >= 0.3 is 6.18 Å². The number of piperidine rings is 1. The summed E-state index contributed by atoms with van der Waals surface area (Å²) in [4.78, 5) is 19.3. The van der Waals surface area contributed by atoms with Gasteiger partial charge in [-0.15, -0.1) is 0 Å². The first-order valence-electron chi connectivity index (χ1n) is 11.6. The van der Waals surface area contributed by atoms with Crippen molar-refractivity contribution < 1.29 is 22.4 Å². The van der Waals surface area contributed by atoms with Crippen LogP contribution in [0.5, 0.6) is 0 Å². The second-order valence-electron chi connectivity index (χ2n) is 9.01. The summed E-state index contributed by atoms with van der Waals surface area (Å²) in [7, 11) is 1.72. The van der Waals surface area contributed by atoms with Crippen molar-refractivity contribution in [2.24, 2.45) is 5.92 Å². The van der Waals surface area contributed by atoms with E-state index in [1.165, 1.54) is 6.07 Å². The van der Waals surface area contributed by atoms with Crippen molar-refractivity contribution >= 4 is 28.3 Å². The summed E-state index contributed by atoms with van der Waals surface area (Å²) in [5.74, 6) is -1.38. The molecule has 1 atom stereocenters. The van der Waals surface area contributed by atoms with Crippen LogP contribution in [0.3, 0.4) is 0 Å². The topological polar surface area (TPSA) is 57.3 Å². The molecule has 1 saturated heterocycles. The monoisotopic (exact) mass is 488 g/mol. The van der Waals surface area contributed by atoms with E-state index < -0.39 is 24.0 Å². The molecule has 0 saturated carbocycles. The highest BCUT2D eigenvalue weighted by molar-refractivity contribution is 5.98. The summed E-state index contributed by atoms with van der Waals surface area (Å²) < 4.78 is 53.4. The molecule has 1 aromatic heterocycles. The molecule has 0 radical (unpaired) electrons. The maximum absolute atomic E-state index is 14.5. The average Bonchev–Trinajstić information content (AvgIpc) is 2.83. The summed E-state index contributed by atoms with van der Waals surface area (Å²) in [6, 6.07) is 11.2. The quantitative estimate of drug-likeness (QED) is 0.433. The largest absolute Gasteiger partial charge is 0.391 e. The third-order valence-corrected chi connectivity index (χ3v) is 6.65. The van der Waals surface area contributed by atoms with Gasteiger partial charge in [-0.05, 0) is 74.7 Å². The molecule has 3 aromatic rings. The minimum absolute atomic E-state index is 0.0539. The van der Waals surface area contributed by atoms with Gasteiger partial charge in [-0.2, -0.15) is 13.2 Å². The number of benzene rings is 2. The molecular formula is C26H28F4N4O. The fraction of sp³-hybridized carbons (Fsp3) is 0.385. The first-order valence-corrected chi connectivity index (χ1v) is 11.6. The van der Waals surface area contributed by atoms with Gasteiger partial charge in [0.05, 0.1) is 17.5 Å². The number of anilines is 2. The molecule has 1 unspecified atom stereocenters. The van der Waals surface area contributed by atoms with Crippen molar-refractivity contribution in [2.45, 2.75) is 38.9 Å². The van der Waals surface area contributed by atoms with Crippen molar-refractivity contribution in [3.05, 3.63) is 65.0 Å². The number of pyridine rings is 1. The Morgan fingerprint density at radius 1 is 1.11 bits per heavy atom. The number of alkyl halides is 3. The summed E-state index contributed by atoms with van der Waals surface area (Å²) >= 11 is 0. The number of halogens is 4. The van der Waals surface area contributed by atoms with E-state index in [9.17, 15) is 22.4 Å². The third-order valence-electron chi connectivity index (χ3n) is 6.65. The fourth-order valence-electron chi connectivity index (χ4n) is 4.53. The van der Waals surface area contributed by atoms with Crippen LogP contribution in [0.1, 0.15) is 47.3 Å². The normalized spacial score (nSPS) is 15.8. The van der Waals surface area contributed by atoms with E-state index in [4.69, 9.17) is 0 Å². The van der Waals surface area contributed by atoms with Crippen LogP contribution in [-0.2, 0) is 0 Å². The van der Waals surface area contributed by atoms with E-state index in [2.05, 4.69) is 15.6 Å². The van der Waals surface area contributed by atoms with Crippen LogP contribution in [0.15, 0.2) is 42.5 Å². The average molecular weight is 489 g/mol. The molecule has 0 bridgehead atoms. The third kappa shape index (κ3) is 5.33. The Labute approximate surface area is 201 Å². The van der Waals surface area contributed by atoms with Gasteiger partial charge in [0.25, 0.3) is 5.91 Å². The van der Waals surface area contributed by atoms with Crippen LogP contribution < -0.4 is 15.5 Å². The number of amides is 1. The van der Waals surface area contributed by atoms with E-state index in [0.29, 0.717) is 41.2 Å². The van der Waals surface area contributed by atoms with E-state index in [1.54, 1.807) is 44.3 Å². The molecule has 0 spiro atoms. The van der Waals surface area contributed by atoms with Crippen molar-refractivity contribution in [3.8, 4) is 0 Å². The van der Waals surface area contributed by atoms with Gasteiger partial charge in [0, 0.05) is 42.3 Å². The Bertz CT molecular complexity index is 1240. The van der Waals surface area contributed by atoms with Crippen molar-refractivity contribution in [1.29, 1.82) is 0 Å². The molecule has 1 amide bonds. The van der Waals surface area contributed by atoms with E-state index in [0.717, 1.165) is 10.9 Å². The number of hydrogen-bond acceptors (Lipinski definition) is 4. The van der Waals surface area contributed by atoms with Crippen molar-refractivity contribution in [1.82, 2.24) is 10.3 Å². The van der Waals surface area contributed by atoms with Gasteiger partial charge in [-0.1, -0.05) is 0 Å². The Morgan fingerprint density at radius 3 is 2.49 bits per heavy atom. The van der Waals surface area contributed by atoms with Crippen LogP contribution in [0.25, 0.3) is 10.9 Å². The van der Waals surface area contributed by atoms with Gasteiger partial charge in [-0.25, -0.2) is 9.37 Å². The first-order chi connectivity index (χ1) is 16.6. The Kier molecular flexibility index (Phi) is 6.87. The molecule has 0 aliphatic carbocycles. The van der Waals surface area contributed by atoms with Crippen molar-refractivity contribution in [3.63, 3.8) is 0 Å². The lowest BCUT2D eigenvalue weighted by molar-refractivity contribution is -0.179. The lowest BCUT2D eigenvalue weighted by Crippen LogP contribution is -2.39. The molecule has 9 heteroatoms. The maximum atomic E-state index is 14.5. The highest BCUT2D eigenvalue weighted by Gasteiger charge is 2.41. The smallest absolute Gasteiger partial charge is 0.388 e.